The van der Waals surface area contributed by atoms with E-state index in [1.54, 1.807) is 7.11 Å². The molecule has 1 aromatic rings. The average Bonchev–Trinajstić information content (AvgIpc) is 2.58. The summed E-state index contributed by atoms with van der Waals surface area (Å²) in [5.41, 5.74) is 1.19. The molecule has 5 heteroatoms. The van der Waals surface area contributed by atoms with Crippen molar-refractivity contribution in [3.05, 3.63) is 29.8 Å². The van der Waals surface area contributed by atoms with Crippen molar-refractivity contribution >= 4 is 17.3 Å². The van der Waals surface area contributed by atoms with Crippen molar-refractivity contribution < 1.29 is 4.74 Å². The summed E-state index contributed by atoms with van der Waals surface area (Å²) in [6.45, 7) is 7.43. The lowest BCUT2D eigenvalue weighted by Gasteiger charge is -2.38. The maximum absolute atomic E-state index is 5.39. The van der Waals surface area contributed by atoms with Crippen LogP contribution in [0.1, 0.15) is 38.7 Å². The summed E-state index contributed by atoms with van der Waals surface area (Å²) in [4.78, 5) is 2.59. The number of piperidine rings is 1. The smallest absolute Gasteiger partial charge is 0.166 e. The first-order valence-corrected chi connectivity index (χ1v) is 8.91. The van der Waals surface area contributed by atoms with Crippen LogP contribution in [0.2, 0.25) is 0 Å². The third kappa shape index (κ3) is 5.66. The van der Waals surface area contributed by atoms with Crippen LogP contribution in [-0.4, -0.2) is 42.3 Å². The second-order valence-electron chi connectivity index (χ2n) is 6.34. The van der Waals surface area contributed by atoms with Crippen molar-refractivity contribution in [2.75, 3.05) is 20.2 Å². The van der Waals surface area contributed by atoms with E-state index in [4.69, 9.17) is 17.0 Å². The Kier molecular flexibility index (Phi) is 7.12. The standard InChI is InChI=1S/C18H29N3OS/c1-14-6-4-5-11-21(14)15(2)12-19-18(23)20-13-16-7-9-17(22-3)10-8-16/h7-10,14-15H,4-6,11-13H2,1-3H3,(H2,19,20,23). The zero-order chi connectivity index (χ0) is 16.7. The first-order valence-electron chi connectivity index (χ1n) is 8.50. The van der Waals surface area contributed by atoms with Gasteiger partial charge in [0.05, 0.1) is 7.11 Å². The van der Waals surface area contributed by atoms with Crippen molar-refractivity contribution in [2.45, 2.75) is 51.7 Å². The number of hydrogen-bond acceptors (Lipinski definition) is 3. The highest BCUT2D eigenvalue weighted by molar-refractivity contribution is 7.80. The Morgan fingerprint density at radius 2 is 2.04 bits per heavy atom. The van der Waals surface area contributed by atoms with Gasteiger partial charge in [-0.3, -0.25) is 4.90 Å². The van der Waals surface area contributed by atoms with Gasteiger partial charge in [-0.05, 0) is 63.1 Å². The topological polar surface area (TPSA) is 36.5 Å². The van der Waals surface area contributed by atoms with E-state index < -0.39 is 0 Å². The van der Waals surface area contributed by atoms with Gasteiger partial charge in [-0.15, -0.1) is 0 Å². The number of benzene rings is 1. The van der Waals surface area contributed by atoms with Crippen LogP contribution in [0.25, 0.3) is 0 Å². The summed E-state index contributed by atoms with van der Waals surface area (Å²) in [7, 11) is 1.68. The number of nitrogens with one attached hydrogen (secondary N) is 2. The summed E-state index contributed by atoms with van der Waals surface area (Å²) in [5.74, 6) is 0.874. The quantitative estimate of drug-likeness (QED) is 0.782. The van der Waals surface area contributed by atoms with Gasteiger partial charge in [-0.1, -0.05) is 18.6 Å². The van der Waals surface area contributed by atoms with Gasteiger partial charge in [-0.25, -0.2) is 0 Å². The van der Waals surface area contributed by atoms with Crippen LogP contribution in [0.5, 0.6) is 5.75 Å². The van der Waals surface area contributed by atoms with E-state index in [1.165, 1.54) is 31.4 Å². The average molecular weight is 336 g/mol. The van der Waals surface area contributed by atoms with E-state index in [1.807, 2.05) is 24.3 Å². The molecule has 4 nitrogen and oxygen atoms in total. The Balaban J connectivity index is 1.69. The molecule has 0 radical (unpaired) electrons. The molecule has 0 amide bonds. The van der Waals surface area contributed by atoms with E-state index in [9.17, 15) is 0 Å². The summed E-state index contributed by atoms with van der Waals surface area (Å²) >= 11 is 5.39. The molecule has 0 spiro atoms. The predicted octanol–water partition coefficient (Wildman–Crippen LogP) is 2.92. The van der Waals surface area contributed by atoms with Crippen molar-refractivity contribution in [1.29, 1.82) is 0 Å². The van der Waals surface area contributed by atoms with Gasteiger partial charge in [0, 0.05) is 25.2 Å². The van der Waals surface area contributed by atoms with E-state index in [0.29, 0.717) is 12.1 Å². The lowest BCUT2D eigenvalue weighted by atomic mass is 10.0. The molecule has 1 saturated heterocycles. The van der Waals surface area contributed by atoms with E-state index in [-0.39, 0.29) is 0 Å². The summed E-state index contributed by atoms with van der Waals surface area (Å²) in [5, 5.41) is 7.33. The van der Waals surface area contributed by atoms with Crippen molar-refractivity contribution in [3.8, 4) is 5.75 Å². The number of hydrogen-bond donors (Lipinski definition) is 2. The molecule has 0 saturated carbocycles. The van der Waals surface area contributed by atoms with Crippen molar-refractivity contribution in [3.63, 3.8) is 0 Å². The lowest BCUT2D eigenvalue weighted by Crippen LogP contribution is -2.49. The molecule has 0 bridgehead atoms. The fourth-order valence-electron chi connectivity index (χ4n) is 3.12. The van der Waals surface area contributed by atoms with Crippen molar-refractivity contribution in [2.24, 2.45) is 0 Å². The summed E-state index contributed by atoms with van der Waals surface area (Å²) in [6.07, 6.45) is 3.99. The zero-order valence-electron chi connectivity index (χ0n) is 14.5. The Bertz CT molecular complexity index is 492. The van der Waals surface area contributed by atoms with Crippen LogP contribution >= 0.6 is 12.2 Å². The molecular formula is C18H29N3OS. The van der Waals surface area contributed by atoms with Crippen LogP contribution < -0.4 is 15.4 Å². The number of rotatable bonds is 6. The number of likely N-dealkylation sites (tertiary alicyclic amines) is 1. The molecule has 1 aromatic carbocycles. The normalized spacial score (nSPS) is 19.9. The zero-order valence-corrected chi connectivity index (χ0v) is 15.3. The molecule has 1 aliphatic heterocycles. The number of ether oxygens (including phenoxy) is 1. The van der Waals surface area contributed by atoms with Crippen LogP contribution in [0.3, 0.4) is 0 Å². The molecular weight excluding hydrogens is 306 g/mol. The predicted molar refractivity (Wildman–Crippen MR) is 99.9 cm³/mol. The lowest BCUT2D eigenvalue weighted by molar-refractivity contribution is 0.116. The van der Waals surface area contributed by atoms with E-state index in [0.717, 1.165) is 24.0 Å². The van der Waals surface area contributed by atoms with Gasteiger partial charge in [0.25, 0.3) is 0 Å². The van der Waals surface area contributed by atoms with E-state index in [2.05, 4.69) is 29.4 Å². The van der Waals surface area contributed by atoms with Crippen LogP contribution in [0.4, 0.5) is 0 Å². The first-order chi connectivity index (χ1) is 11.1. The van der Waals surface area contributed by atoms with Crippen LogP contribution in [0, 0.1) is 0 Å². The van der Waals surface area contributed by atoms with Gasteiger partial charge < -0.3 is 15.4 Å². The Morgan fingerprint density at radius 3 is 2.70 bits per heavy atom. The SMILES string of the molecule is COc1ccc(CNC(=S)NCC(C)N2CCCCC2C)cc1. The Labute approximate surface area is 145 Å². The van der Waals surface area contributed by atoms with Crippen LogP contribution in [0.15, 0.2) is 24.3 Å². The highest BCUT2D eigenvalue weighted by Gasteiger charge is 2.22. The third-order valence-electron chi connectivity index (χ3n) is 4.59. The molecule has 1 heterocycles. The third-order valence-corrected chi connectivity index (χ3v) is 4.88. The Hall–Kier alpha value is -1.33. The monoisotopic (exact) mass is 335 g/mol. The molecule has 1 fully saturated rings. The maximum atomic E-state index is 5.39. The minimum absolute atomic E-state index is 0.506. The fraction of sp³-hybridized carbons (Fsp3) is 0.611. The maximum Gasteiger partial charge on any atom is 0.166 e. The minimum atomic E-state index is 0.506. The second-order valence-corrected chi connectivity index (χ2v) is 6.75. The molecule has 0 aromatic heterocycles. The first kappa shape index (κ1) is 18.0. The largest absolute Gasteiger partial charge is 0.497 e. The van der Waals surface area contributed by atoms with E-state index >= 15 is 0 Å². The molecule has 23 heavy (non-hydrogen) atoms. The molecule has 128 valence electrons. The van der Waals surface area contributed by atoms with Crippen molar-refractivity contribution in [1.82, 2.24) is 15.5 Å². The number of methoxy groups -OCH3 is 1. The molecule has 2 unspecified atom stereocenters. The molecule has 1 aliphatic rings. The summed E-state index contributed by atoms with van der Waals surface area (Å²) < 4.78 is 5.16. The molecule has 0 aliphatic carbocycles. The number of thiocarbonyl (C=S) groups is 1. The Morgan fingerprint density at radius 1 is 1.30 bits per heavy atom. The highest BCUT2D eigenvalue weighted by atomic mass is 32.1. The van der Waals surface area contributed by atoms with Gasteiger partial charge in [0.2, 0.25) is 0 Å². The van der Waals surface area contributed by atoms with Gasteiger partial charge in [-0.2, -0.15) is 0 Å². The second kappa shape index (κ2) is 9.08. The minimum Gasteiger partial charge on any atom is -0.497 e. The number of nitrogens with zero attached hydrogens (tertiary/aromatic N) is 1. The fourth-order valence-corrected chi connectivity index (χ4v) is 3.28. The molecule has 2 N–H and O–H groups in total. The van der Waals surface area contributed by atoms with Crippen LogP contribution in [-0.2, 0) is 6.54 Å². The highest BCUT2D eigenvalue weighted by Crippen LogP contribution is 2.18. The van der Waals surface area contributed by atoms with Gasteiger partial charge in [0.15, 0.2) is 5.11 Å². The summed E-state index contributed by atoms with van der Waals surface area (Å²) in [6, 6.07) is 9.21. The van der Waals surface area contributed by atoms with Gasteiger partial charge in [0.1, 0.15) is 5.75 Å². The molecule has 2 atom stereocenters. The van der Waals surface area contributed by atoms with Gasteiger partial charge >= 0.3 is 0 Å². The molecule has 2 rings (SSSR count).